The van der Waals surface area contributed by atoms with Gasteiger partial charge in [0.15, 0.2) is 0 Å². The van der Waals surface area contributed by atoms with Crippen LogP contribution in [0.5, 0.6) is 0 Å². The maximum atomic E-state index is 5.57. The van der Waals surface area contributed by atoms with E-state index in [2.05, 4.69) is 10.3 Å². The van der Waals surface area contributed by atoms with Gasteiger partial charge in [0.05, 0.1) is 12.7 Å². The van der Waals surface area contributed by atoms with E-state index in [4.69, 9.17) is 4.74 Å². The molecule has 0 saturated carbocycles. The largest absolute Gasteiger partial charge is 0.371 e. The van der Waals surface area contributed by atoms with Gasteiger partial charge in [0.2, 0.25) is 0 Å². The molecule has 0 aliphatic carbocycles. The van der Waals surface area contributed by atoms with Crippen LogP contribution in [0, 0.1) is 0 Å². The van der Waals surface area contributed by atoms with Crippen LogP contribution in [0.4, 0.5) is 0 Å². The minimum Gasteiger partial charge on any atom is -0.371 e. The first-order valence-electron chi connectivity index (χ1n) is 5.19. The molecule has 1 aliphatic heterocycles. The molecule has 2 rings (SSSR count). The molecule has 0 spiro atoms. The maximum absolute atomic E-state index is 5.57. The lowest BCUT2D eigenvalue weighted by Gasteiger charge is -2.23. The van der Waals surface area contributed by atoms with Gasteiger partial charge in [-0.15, -0.1) is 0 Å². The highest BCUT2D eigenvalue weighted by Gasteiger charge is 2.14. The molecule has 3 heteroatoms. The summed E-state index contributed by atoms with van der Waals surface area (Å²) in [4.78, 5) is 3.96. The molecule has 1 aliphatic rings. The molecule has 1 aromatic rings. The predicted octanol–water partition coefficient (Wildman–Crippen LogP) is 1.77. The second kappa shape index (κ2) is 6.51. The van der Waals surface area contributed by atoms with Crippen LogP contribution in [0.15, 0.2) is 24.5 Å². The molecule has 14 heavy (non-hydrogen) atoms. The number of nitrogens with one attached hydrogen (secondary N) is 1. The zero-order chi connectivity index (χ0) is 10.2. The summed E-state index contributed by atoms with van der Waals surface area (Å²) in [6.45, 7) is 6.67. The van der Waals surface area contributed by atoms with E-state index in [0.29, 0.717) is 0 Å². The summed E-state index contributed by atoms with van der Waals surface area (Å²) in [6.07, 6.45) is 3.81. The molecule has 0 amide bonds. The summed E-state index contributed by atoms with van der Waals surface area (Å²) in [6, 6.07) is 4.00. The Balaban J connectivity index is 0.000000461. The fourth-order valence-corrected chi connectivity index (χ4v) is 1.36. The van der Waals surface area contributed by atoms with Crippen molar-refractivity contribution in [1.29, 1.82) is 0 Å². The van der Waals surface area contributed by atoms with Crippen LogP contribution in [-0.2, 0) is 4.74 Å². The van der Waals surface area contributed by atoms with E-state index in [0.717, 1.165) is 19.7 Å². The molecule has 0 aromatic carbocycles. The van der Waals surface area contributed by atoms with E-state index < -0.39 is 0 Å². The van der Waals surface area contributed by atoms with Crippen molar-refractivity contribution in [2.24, 2.45) is 0 Å². The Hall–Kier alpha value is -0.930. The van der Waals surface area contributed by atoms with E-state index in [1.807, 2.05) is 26.0 Å². The standard InChI is InChI=1S/C9H12N2O.C2H6/c1-3-10-4-2-8(1)9-7-11-5-6-12-9;1-2/h1-4,9,11H,5-7H2;1-2H3. The molecule has 0 radical (unpaired) electrons. The number of pyridine rings is 1. The van der Waals surface area contributed by atoms with Crippen molar-refractivity contribution in [3.63, 3.8) is 0 Å². The topological polar surface area (TPSA) is 34.1 Å². The summed E-state index contributed by atoms with van der Waals surface area (Å²) < 4.78 is 5.57. The third-order valence-electron chi connectivity index (χ3n) is 2.01. The van der Waals surface area contributed by atoms with Gasteiger partial charge in [-0.25, -0.2) is 0 Å². The molecule has 1 atom stereocenters. The minimum absolute atomic E-state index is 0.210. The fourth-order valence-electron chi connectivity index (χ4n) is 1.36. The molecule has 3 nitrogen and oxygen atoms in total. The normalized spacial score (nSPS) is 20.9. The zero-order valence-electron chi connectivity index (χ0n) is 8.86. The number of aromatic nitrogens is 1. The Kier molecular flexibility index (Phi) is 5.19. The minimum atomic E-state index is 0.210. The predicted molar refractivity (Wildman–Crippen MR) is 57.1 cm³/mol. The highest BCUT2D eigenvalue weighted by Crippen LogP contribution is 2.16. The summed E-state index contributed by atoms with van der Waals surface area (Å²) in [7, 11) is 0. The van der Waals surface area contributed by atoms with Crippen LogP contribution in [-0.4, -0.2) is 24.7 Å². The second-order valence-electron chi connectivity index (χ2n) is 2.84. The first-order chi connectivity index (χ1) is 6.97. The molecule has 1 unspecified atom stereocenters. The number of nitrogens with zero attached hydrogens (tertiary/aromatic N) is 1. The Morgan fingerprint density at radius 1 is 1.36 bits per heavy atom. The van der Waals surface area contributed by atoms with Crippen molar-refractivity contribution in [1.82, 2.24) is 10.3 Å². The number of rotatable bonds is 1. The summed E-state index contributed by atoms with van der Waals surface area (Å²) in [5, 5.41) is 3.29. The fraction of sp³-hybridized carbons (Fsp3) is 0.545. The van der Waals surface area contributed by atoms with Crippen molar-refractivity contribution in [3.8, 4) is 0 Å². The number of morpholine rings is 1. The monoisotopic (exact) mass is 194 g/mol. The smallest absolute Gasteiger partial charge is 0.0950 e. The van der Waals surface area contributed by atoms with E-state index in [1.54, 1.807) is 12.4 Å². The van der Waals surface area contributed by atoms with Gasteiger partial charge in [0, 0.05) is 25.5 Å². The third kappa shape index (κ3) is 3.09. The highest BCUT2D eigenvalue weighted by molar-refractivity contribution is 5.14. The summed E-state index contributed by atoms with van der Waals surface area (Å²) >= 11 is 0. The Morgan fingerprint density at radius 2 is 2.07 bits per heavy atom. The Bertz CT molecular complexity index is 232. The lowest BCUT2D eigenvalue weighted by atomic mass is 10.1. The van der Waals surface area contributed by atoms with Crippen LogP contribution in [0.3, 0.4) is 0 Å². The Labute approximate surface area is 85.5 Å². The lowest BCUT2D eigenvalue weighted by molar-refractivity contribution is 0.0276. The molecule has 1 N–H and O–H groups in total. The molecule has 1 saturated heterocycles. The van der Waals surface area contributed by atoms with Gasteiger partial charge in [0.25, 0.3) is 0 Å². The SMILES string of the molecule is CC.c1cc(C2CNCCO2)ccn1. The quantitative estimate of drug-likeness (QED) is 0.739. The second-order valence-corrected chi connectivity index (χ2v) is 2.84. The van der Waals surface area contributed by atoms with Gasteiger partial charge in [-0.2, -0.15) is 0 Å². The first-order valence-corrected chi connectivity index (χ1v) is 5.19. The molecule has 0 bridgehead atoms. The van der Waals surface area contributed by atoms with Gasteiger partial charge >= 0.3 is 0 Å². The third-order valence-corrected chi connectivity index (χ3v) is 2.01. The summed E-state index contributed by atoms with van der Waals surface area (Å²) in [5.74, 6) is 0. The highest BCUT2D eigenvalue weighted by atomic mass is 16.5. The molecule has 1 aromatic heterocycles. The average molecular weight is 194 g/mol. The van der Waals surface area contributed by atoms with E-state index in [-0.39, 0.29) is 6.10 Å². The average Bonchev–Trinajstić information content (AvgIpc) is 2.34. The van der Waals surface area contributed by atoms with E-state index >= 15 is 0 Å². The zero-order valence-corrected chi connectivity index (χ0v) is 8.86. The molecule has 78 valence electrons. The lowest BCUT2D eigenvalue weighted by Crippen LogP contribution is -2.33. The van der Waals surface area contributed by atoms with E-state index in [9.17, 15) is 0 Å². The molecule has 1 fully saturated rings. The Morgan fingerprint density at radius 3 is 2.64 bits per heavy atom. The van der Waals surface area contributed by atoms with Crippen molar-refractivity contribution in [3.05, 3.63) is 30.1 Å². The first kappa shape index (κ1) is 11.1. The van der Waals surface area contributed by atoms with Crippen molar-refractivity contribution in [2.75, 3.05) is 19.7 Å². The van der Waals surface area contributed by atoms with Crippen LogP contribution in [0.2, 0.25) is 0 Å². The van der Waals surface area contributed by atoms with E-state index in [1.165, 1.54) is 5.56 Å². The molecular formula is C11H18N2O. The molecule has 2 heterocycles. The molecular weight excluding hydrogens is 176 g/mol. The van der Waals surface area contributed by atoms with Gasteiger partial charge in [-0.1, -0.05) is 13.8 Å². The number of ether oxygens (including phenoxy) is 1. The summed E-state index contributed by atoms with van der Waals surface area (Å²) in [5.41, 5.74) is 1.21. The number of hydrogen-bond acceptors (Lipinski definition) is 3. The van der Waals surface area contributed by atoms with Gasteiger partial charge in [-0.3, -0.25) is 4.98 Å². The van der Waals surface area contributed by atoms with Gasteiger partial charge in [0.1, 0.15) is 0 Å². The number of hydrogen-bond donors (Lipinski definition) is 1. The van der Waals surface area contributed by atoms with Crippen LogP contribution in [0.1, 0.15) is 25.5 Å². The van der Waals surface area contributed by atoms with Crippen molar-refractivity contribution < 1.29 is 4.74 Å². The van der Waals surface area contributed by atoms with Crippen molar-refractivity contribution >= 4 is 0 Å². The van der Waals surface area contributed by atoms with Crippen LogP contribution < -0.4 is 5.32 Å². The van der Waals surface area contributed by atoms with Gasteiger partial charge in [-0.05, 0) is 17.7 Å². The van der Waals surface area contributed by atoms with Crippen LogP contribution in [0.25, 0.3) is 0 Å². The van der Waals surface area contributed by atoms with Crippen molar-refractivity contribution in [2.45, 2.75) is 20.0 Å². The van der Waals surface area contributed by atoms with Gasteiger partial charge < -0.3 is 10.1 Å². The van der Waals surface area contributed by atoms with Crippen LogP contribution >= 0.6 is 0 Å². The maximum Gasteiger partial charge on any atom is 0.0950 e.